The first-order chi connectivity index (χ1) is 23.4. The number of benzene rings is 3. The van der Waals surface area contributed by atoms with E-state index in [0.29, 0.717) is 34.3 Å². The van der Waals surface area contributed by atoms with Crippen molar-refractivity contribution in [1.29, 1.82) is 0 Å². The lowest BCUT2D eigenvalue weighted by molar-refractivity contribution is -0.369. The quantitative estimate of drug-likeness (QED) is 0.357. The van der Waals surface area contributed by atoms with E-state index >= 15 is 0 Å². The number of ether oxygens (including phenoxy) is 10. The van der Waals surface area contributed by atoms with Crippen LogP contribution in [0.3, 0.4) is 0 Å². The van der Waals surface area contributed by atoms with E-state index in [1.54, 1.807) is 0 Å². The van der Waals surface area contributed by atoms with Crippen molar-refractivity contribution in [1.82, 2.24) is 0 Å². The molecule has 13 nitrogen and oxygen atoms in total. The summed E-state index contributed by atoms with van der Waals surface area (Å²) in [5.74, 6) is 0.203. The van der Waals surface area contributed by atoms with E-state index < -0.39 is 66.8 Å². The van der Waals surface area contributed by atoms with Gasteiger partial charge >= 0.3 is 5.97 Å². The van der Waals surface area contributed by atoms with Crippen molar-refractivity contribution in [3.05, 3.63) is 76.9 Å². The maximum Gasteiger partial charge on any atom is 0.310 e. The summed E-state index contributed by atoms with van der Waals surface area (Å²) in [7, 11) is 4.59. The van der Waals surface area contributed by atoms with Crippen LogP contribution >= 0.6 is 0 Å². The molecule has 3 fully saturated rings. The number of cyclic esters (lactones) is 1. The van der Waals surface area contributed by atoms with Gasteiger partial charge in [-0.05, 0) is 41.0 Å². The molecule has 48 heavy (non-hydrogen) atoms. The number of esters is 1. The first-order valence-corrected chi connectivity index (χ1v) is 15.8. The summed E-state index contributed by atoms with van der Waals surface area (Å²) in [6.07, 6.45) is -7.19. The Hall–Kier alpha value is -4.11. The smallest absolute Gasteiger partial charge is 0.310 e. The van der Waals surface area contributed by atoms with Gasteiger partial charge in [0, 0.05) is 17.4 Å². The van der Waals surface area contributed by atoms with Gasteiger partial charge in [-0.15, -0.1) is 0 Å². The zero-order chi connectivity index (χ0) is 33.1. The minimum Gasteiger partial charge on any atom is -0.493 e. The highest BCUT2D eigenvalue weighted by atomic mass is 16.8. The number of methoxy groups -OCH3 is 3. The minimum absolute atomic E-state index is 0.0389. The van der Waals surface area contributed by atoms with Crippen LogP contribution < -0.4 is 23.7 Å². The Morgan fingerprint density at radius 3 is 2.17 bits per heavy atom. The van der Waals surface area contributed by atoms with Crippen LogP contribution in [0.15, 0.2) is 54.6 Å². The molecule has 10 atom stereocenters. The van der Waals surface area contributed by atoms with Crippen molar-refractivity contribution >= 4 is 5.97 Å². The number of hydrogen-bond acceptors (Lipinski definition) is 13. The standard InChI is InChI=1S/C35H36O13/c1-39-23-9-17(10-24(40-2)31(23)41-3)26-18-11-21-22(45-15-44-21)12-19(18)30(20-13-42-33(38)27(20)26)47-35-29(37)28(36)32-25(46-35)14-43-34(48-32)16-7-5-4-6-8-16/h4-12,20,25-30,32,34-37H,13-15H2,1-3H3/t20-,25+,26+,27-,28+,29+,30-,32+,34?,35-/m0/s1. The van der Waals surface area contributed by atoms with Crippen LogP contribution in [-0.4, -0.2) is 88.2 Å². The highest BCUT2D eigenvalue weighted by Gasteiger charge is 2.56. The van der Waals surface area contributed by atoms with E-state index in [2.05, 4.69) is 0 Å². The van der Waals surface area contributed by atoms with Crippen molar-refractivity contribution in [2.75, 3.05) is 41.3 Å². The Balaban J connectivity index is 1.15. The summed E-state index contributed by atoms with van der Waals surface area (Å²) in [6.45, 7) is 0.202. The van der Waals surface area contributed by atoms with Crippen LogP contribution in [0.1, 0.15) is 40.6 Å². The molecule has 5 aliphatic rings. The summed E-state index contributed by atoms with van der Waals surface area (Å²) in [4.78, 5) is 13.6. The fraction of sp³-hybridized carbons (Fsp3) is 0.457. The summed E-state index contributed by atoms with van der Waals surface area (Å²) in [6, 6.07) is 16.7. The molecule has 3 aromatic carbocycles. The summed E-state index contributed by atoms with van der Waals surface area (Å²) in [5.41, 5.74) is 2.95. The molecule has 0 radical (unpaired) electrons. The highest BCUT2D eigenvalue weighted by molar-refractivity contribution is 5.79. The predicted molar refractivity (Wildman–Crippen MR) is 163 cm³/mol. The Bertz CT molecular complexity index is 1650. The van der Waals surface area contributed by atoms with E-state index in [1.807, 2.05) is 54.6 Å². The lowest BCUT2D eigenvalue weighted by Crippen LogP contribution is -2.62. The molecule has 4 heterocycles. The molecule has 3 aromatic rings. The van der Waals surface area contributed by atoms with Gasteiger partial charge in [0.2, 0.25) is 12.5 Å². The molecular formula is C35H36O13. The number of rotatable bonds is 7. The molecule has 13 heteroatoms. The van der Waals surface area contributed by atoms with Gasteiger partial charge in [-0.2, -0.15) is 0 Å². The summed E-state index contributed by atoms with van der Waals surface area (Å²) in [5, 5.41) is 22.6. The molecule has 0 saturated carbocycles. The van der Waals surface area contributed by atoms with E-state index in [4.69, 9.17) is 47.4 Å². The maximum absolute atomic E-state index is 13.6. The Morgan fingerprint density at radius 1 is 0.771 bits per heavy atom. The van der Waals surface area contributed by atoms with E-state index in [0.717, 1.165) is 16.7 Å². The van der Waals surface area contributed by atoms with Gasteiger partial charge in [0.15, 0.2) is 35.6 Å². The molecule has 3 saturated heterocycles. The number of aliphatic hydroxyl groups is 2. The normalized spacial score (nSPS) is 33.2. The fourth-order valence-electron chi connectivity index (χ4n) is 7.58. The number of hydrogen-bond donors (Lipinski definition) is 2. The van der Waals surface area contributed by atoms with E-state index in [-0.39, 0.29) is 20.0 Å². The number of carbonyl (C=O) groups is 1. The van der Waals surface area contributed by atoms with Crippen LogP contribution in [0.2, 0.25) is 0 Å². The van der Waals surface area contributed by atoms with Gasteiger partial charge in [0.1, 0.15) is 24.4 Å². The average molecular weight is 665 g/mol. The Kier molecular flexibility index (Phi) is 8.06. The third kappa shape index (κ3) is 5.04. The zero-order valence-corrected chi connectivity index (χ0v) is 26.5. The first-order valence-electron chi connectivity index (χ1n) is 15.8. The minimum atomic E-state index is -1.47. The fourth-order valence-corrected chi connectivity index (χ4v) is 7.58. The Morgan fingerprint density at radius 2 is 1.48 bits per heavy atom. The predicted octanol–water partition coefficient (Wildman–Crippen LogP) is 2.99. The van der Waals surface area contributed by atoms with Crippen molar-refractivity contribution in [2.45, 2.75) is 49.0 Å². The van der Waals surface area contributed by atoms with Crippen LogP contribution in [0.25, 0.3) is 0 Å². The molecule has 4 aliphatic heterocycles. The molecule has 0 aromatic heterocycles. The lowest BCUT2D eigenvalue weighted by atomic mass is 9.66. The van der Waals surface area contributed by atoms with Gasteiger partial charge in [0.25, 0.3) is 0 Å². The van der Waals surface area contributed by atoms with Gasteiger partial charge in [-0.3, -0.25) is 4.79 Å². The van der Waals surface area contributed by atoms with Gasteiger partial charge < -0.3 is 57.6 Å². The molecule has 1 aliphatic carbocycles. The SMILES string of the molecule is COc1cc([C@@H]2c3cc4c(cc3[C@H](O[C@@H]3O[C@@H]5COC(c6ccccc6)O[C@H]5[C@H](O)[C@H]3O)[C@H]3COC(=O)[C@H]23)OCO4)cc(OC)c1OC. The molecule has 0 spiro atoms. The lowest BCUT2D eigenvalue weighted by Gasteiger charge is -2.48. The van der Waals surface area contributed by atoms with Gasteiger partial charge in [0.05, 0.1) is 46.6 Å². The van der Waals surface area contributed by atoms with Crippen LogP contribution in [-0.2, 0) is 28.5 Å². The van der Waals surface area contributed by atoms with Crippen molar-refractivity contribution < 1.29 is 62.4 Å². The molecule has 1 unspecified atom stereocenters. The number of aliphatic hydroxyl groups excluding tert-OH is 2. The molecule has 0 amide bonds. The molecular weight excluding hydrogens is 628 g/mol. The molecule has 254 valence electrons. The van der Waals surface area contributed by atoms with Crippen molar-refractivity contribution in [3.63, 3.8) is 0 Å². The topological polar surface area (TPSA) is 150 Å². The van der Waals surface area contributed by atoms with Gasteiger partial charge in [-0.1, -0.05) is 30.3 Å². The number of carbonyl (C=O) groups excluding carboxylic acids is 1. The van der Waals surface area contributed by atoms with Gasteiger partial charge in [-0.25, -0.2) is 0 Å². The second-order valence-electron chi connectivity index (χ2n) is 12.3. The number of fused-ring (bicyclic) bond motifs is 4. The Labute approximate surface area is 276 Å². The summed E-state index contributed by atoms with van der Waals surface area (Å²) >= 11 is 0. The van der Waals surface area contributed by atoms with Crippen LogP contribution in [0.5, 0.6) is 28.7 Å². The first kappa shape index (κ1) is 31.2. The molecule has 0 bridgehead atoms. The maximum atomic E-state index is 13.6. The van der Waals surface area contributed by atoms with Crippen LogP contribution in [0.4, 0.5) is 0 Å². The molecule has 8 rings (SSSR count). The third-order valence-electron chi connectivity index (χ3n) is 9.85. The average Bonchev–Trinajstić information content (AvgIpc) is 3.75. The zero-order valence-electron chi connectivity index (χ0n) is 26.5. The second kappa shape index (κ2) is 12.4. The monoisotopic (exact) mass is 664 g/mol. The third-order valence-corrected chi connectivity index (χ3v) is 9.85. The van der Waals surface area contributed by atoms with Crippen LogP contribution in [0, 0.1) is 11.8 Å². The van der Waals surface area contributed by atoms with E-state index in [9.17, 15) is 15.0 Å². The summed E-state index contributed by atoms with van der Waals surface area (Å²) < 4.78 is 58.9. The van der Waals surface area contributed by atoms with Crippen molar-refractivity contribution in [3.8, 4) is 28.7 Å². The van der Waals surface area contributed by atoms with Crippen molar-refractivity contribution in [2.24, 2.45) is 11.8 Å². The molecule has 2 N–H and O–H groups in total. The highest BCUT2D eigenvalue weighted by Crippen LogP contribution is 2.57. The van der Waals surface area contributed by atoms with E-state index in [1.165, 1.54) is 21.3 Å². The largest absolute Gasteiger partial charge is 0.493 e. The second-order valence-corrected chi connectivity index (χ2v) is 12.3.